The fraction of sp³-hybridized carbons (Fsp3) is 0.933. The van der Waals surface area contributed by atoms with Crippen molar-refractivity contribution in [3.05, 3.63) is 0 Å². The second kappa shape index (κ2) is 6.71. The first-order chi connectivity index (χ1) is 9.15. The average Bonchev–Trinajstić information content (AvgIpc) is 2.87. The molecule has 1 amide bonds. The average molecular weight is 268 g/mol. The molecular formula is C15H28N2O2. The van der Waals surface area contributed by atoms with Crippen molar-refractivity contribution in [2.75, 3.05) is 26.2 Å². The van der Waals surface area contributed by atoms with E-state index >= 15 is 0 Å². The maximum atomic E-state index is 12.6. The van der Waals surface area contributed by atoms with Crippen LogP contribution in [0.25, 0.3) is 0 Å². The molecule has 1 saturated carbocycles. The third-order valence-corrected chi connectivity index (χ3v) is 4.65. The highest BCUT2D eigenvalue weighted by Gasteiger charge is 2.39. The van der Waals surface area contributed by atoms with Crippen molar-refractivity contribution in [1.82, 2.24) is 4.90 Å². The van der Waals surface area contributed by atoms with Gasteiger partial charge in [0.25, 0.3) is 0 Å². The van der Waals surface area contributed by atoms with Gasteiger partial charge < -0.3 is 15.4 Å². The fourth-order valence-corrected chi connectivity index (χ4v) is 3.31. The Morgan fingerprint density at radius 2 is 1.95 bits per heavy atom. The summed E-state index contributed by atoms with van der Waals surface area (Å²) in [6.07, 6.45) is 7.77. The van der Waals surface area contributed by atoms with E-state index < -0.39 is 0 Å². The van der Waals surface area contributed by atoms with E-state index in [0.29, 0.717) is 18.6 Å². The highest BCUT2D eigenvalue weighted by Crippen LogP contribution is 2.39. The summed E-state index contributed by atoms with van der Waals surface area (Å²) in [6, 6.07) is 0. The van der Waals surface area contributed by atoms with E-state index in [1.165, 1.54) is 12.8 Å². The molecule has 1 heterocycles. The molecule has 0 aromatic heterocycles. The molecule has 19 heavy (non-hydrogen) atoms. The number of piperidine rings is 1. The normalized spacial score (nSPS) is 23.8. The highest BCUT2D eigenvalue weighted by molar-refractivity contribution is 5.82. The standard InChI is InChI=1S/C15H28N2O2/c1-15(7-2-3-8-15)14(18)17-10-5-13(6-11-17)19-12-4-9-16/h13H,2-12,16H2,1H3. The molecule has 1 aliphatic carbocycles. The molecule has 110 valence electrons. The zero-order valence-corrected chi connectivity index (χ0v) is 12.2. The topological polar surface area (TPSA) is 55.6 Å². The molecular weight excluding hydrogens is 240 g/mol. The molecule has 0 aromatic rings. The van der Waals surface area contributed by atoms with Gasteiger partial charge in [-0.15, -0.1) is 0 Å². The molecule has 2 aliphatic rings. The van der Waals surface area contributed by atoms with Gasteiger partial charge in [0.15, 0.2) is 0 Å². The van der Waals surface area contributed by atoms with Crippen LogP contribution in [-0.2, 0) is 9.53 Å². The summed E-state index contributed by atoms with van der Waals surface area (Å²) in [4.78, 5) is 14.6. The van der Waals surface area contributed by atoms with Gasteiger partial charge in [0.05, 0.1) is 6.10 Å². The summed E-state index contributed by atoms with van der Waals surface area (Å²) < 4.78 is 5.78. The first kappa shape index (κ1) is 14.8. The lowest BCUT2D eigenvalue weighted by molar-refractivity contribution is -0.143. The van der Waals surface area contributed by atoms with E-state index in [1.54, 1.807) is 0 Å². The van der Waals surface area contributed by atoms with Gasteiger partial charge in [0, 0.05) is 25.1 Å². The predicted octanol–water partition coefficient (Wildman–Crippen LogP) is 1.92. The Bertz CT molecular complexity index is 293. The van der Waals surface area contributed by atoms with Crippen molar-refractivity contribution in [2.45, 2.75) is 58.0 Å². The Balaban J connectivity index is 1.75. The van der Waals surface area contributed by atoms with Gasteiger partial charge in [-0.1, -0.05) is 19.8 Å². The van der Waals surface area contributed by atoms with Crippen LogP contribution in [-0.4, -0.2) is 43.2 Å². The van der Waals surface area contributed by atoms with Gasteiger partial charge >= 0.3 is 0 Å². The number of rotatable bonds is 5. The van der Waals surface area contributed by atoms with Crippen molar-refractivity contribution in [2.24, 2.45) is 11.1 Å². The highest BCUT2D eigenvalue weighted by atomic mass is 16.5. The largest absolute Gasteiger partial charge is 0.378 e. The minimum atomic E-state index is -0.0761. The lowest BCUT2D eigenvalue weighted by atomic mass is 9.86. The Morgan fingerprint density at radius 3 is 2.53 bits per heavy atom. The molecule has 0 spiro atoms. The van der Waals surface area contributed by atoms with E-state index in [4.69, 9.17) is 10.5 Å². The number of carbonyl (C=O) groups excluding carboxylic acids is 1. The molecule has 2 rings (SSSR count). The van der Waals surface area contributed by atoms with Gasteiger partial charge in [-0.05, 0) is 38.6 Å². The first-order valence-electron chi connectivity index (χ1n) is 7.77. The SMILES string of the molecule is CC1(C(=O)N2CCC(OCCCN)CC2)CCCC1. The van der Waals surface area contributed by atoms with Crippen LogP contribution < -0.4 is 5.73 Å². The zero-order chi connectivity index (χ0) is 13.7. The van der Waals surface area contributed by atoms with Gasteiger partial charge in [-0.2, -0.15) is 0 Å². The van der Waals surface area contributed by atoms with Crippen molar-refractivity contribution in [3.63, 3.8) is 0 Å². The van der Waals surface area contributed by atoms with E-state index in [0.717, 1.165) is 51.8 Å². The lowest BCUT2D eigenvalue weighted by Gasteiger charge is -2.36. The molecule has 4 nitrogen and oxygen atoms in total. The zero-order valence-electron chi connectivity index (χ0n) is 12.2. The van der Waals surface area contributed by atoms with Gasteiger partial charge in [0.2, 0.25) is 5.91 Å². The maximum Gasteiger partial charge on any atom is 0.228 e. The van der Waals surface area contributed by atoms with Crippen molar-refractivity contribution >= 4 is 5.91 Å². The molecule has 4 heteroatoms. The van der Waals surface area contributed by atoms with Gasteiger partial charge in [0.1, 0.15) is 0 Å². The van der Waals surface area contributed by atoms with E-state index in [9.17, 15) is 4.79 Å². The Labute approximate surface area is 116 Å². The van der Waals surface area contributed by atoms with Crippen LogP contribution in [0.5, 0.6) is 0 Å². The maximum absolute atomic E-state index is 12.6. The Hall–Kier alpha value is -0.610. The monoisotopic (exact) mass is 268 g/mol. The third kappa shape index (κ3) is 3.69. The van der Waals surface area contributed by atoms with Crippen molar-refractivity contribution in [1.29, 1.82) is 0 Å². The van der Waals surface area contributed by atoms with Gasteiger partial charge in [-0.25, -0.2) is 0 Å². The Kier molecular flexibility index (Phi) is 5.22. The van der Waals surface area contributed by atoms with Crippen LogP contribution in [0.1, 0.15) is 51.9 Å². The molecule has 2 fully saturated rings. The predicted molar refractivity (Wildman–Crippen MR) is 75.8 cm³/mol. The first-order valence-corrected chi connectivity index (χ1v) is 7.77. The molecule has 0 radical (unpaired) electrons. The summed E-state index contributed by atoms with van der Waals surface area (Å²) >= 11 is 0. The molecule has 0 atom stereocenters. The molecule has 0 unspecified atom stereocenters. The lowest BCUT2D eigenvalue weighted by Crippen LogP contribution is -2.46. The number of carbonyl (C=O) groups is 1. The summed E-state index contributed by atoms with van der Waals surface area (Å²) in [5.41, 5.74) is 5.38. The summed E-state index contributed by atoms with van der Waals surface area (Å²) in [5, 5.41) is 0. The number of hydrogen-bond acceptors (Lipinski definition) is 3. The second-order valence-corrected chi connectivity index (χ2v) is 6.27. The van der Waals surface area contributed by atoms with Crippen molar-refractivity contribution in [3.8, 4) is 0 Å². The van der Waals surface area contributed by atoms with E-state index in [2.05, 4.69) is 11.8 Å². The van der Waals surface area contributed by atoms with Crippen LogP contribution in [0.3, 0.4) is 0 Å². The van der Waals surface area contributed by atoms with Crippen molar-refractivity contribution < 1.29 is 9.53 Å². The fourth-order valence-electron chi connectivity index (χ4n) is 3.31. The van der Waals surface area contributed by atoms with E-state index in [-0.39, 0.29) is 5.41 Å². The van der Waals surface area contributed by atoms with Crippen LogP contribution in [0.15, 0.2) is 0 Å². The van der Waals surface area contributed by atoms with Crippen LogP contribution in [0.2, 0.25) is 0 Å². The third-order valence-electron chi connectivity index (χ3n) is 4.65. The summed E-state index contributed by atoms with van der Waals surface area (Å²) in [6.45, 7) is 5.32. The molecule has 1 aliphatic heterocycles. The Morgan fingerprint density at radius 1 is 1.32 bits per heavy atom. The minimum Gasteiger partial charge on any atom is -0.378 e. The summed E-state index contributed by atoms with van der Waals surface area (Å²) in [7, 11) is 0. The number of nitrogens with two attached hydrogens (primary N) is 1. The second-order valence-electron chi connectivity index (χ2n) is 6.27. The van der Waals surface area contributed by atoms with Crippen LogP contribution in [0.4, 0.5) is 0 Å². The van der Waals surface area contributed by atoms with Crippen LogP contribution in [0, 0.1) is 5.41 Å². The molecule has 0 bridgehead atoms. The molecule has 2 N–H and O–H groups in total. The van der Waals surface area contributed by atoms with E-state index in [1.807, 2.05) is 0 Å². The quantitative estimate of drug-likeness (QED) is 0.775. The molecule has 1 saturated heterocycles. The number of nitrogens with zero attached hydrogens (tertiary/aromatic N) is 1. The molecule has 0 aromatic carbocycles. The number of hydrogen-bond donors (Lipinski definition) is 1. The van der Waals surface area contributed by atoms with Crippen LogP contribution >= 0.6 is 0 Å². The number of likely N-dealkylation sites (tertiary alicyclic amines) is 1. The number of ether oxygens (including phenoxy) is 1. The summed E-state index contributed by atoms with van der Waals surface area (Å²) in [5.74, 6) is 0.380. The smallest absolute Gasteiger partial charge is 0.228 e. The number of amides is 1. The van der Waals surface area contributed by atoms with Gasteiger partial charge in [-0.3, -0.25) is 4.79 Å². The minimum absolute atomic E-state index is 0.0761.